The maximum absolute atomic E-state index is 12.3. The first kappa shape index (κ1) is 20.8. The van der Waals surface area contributed by atoms with E-state index in [1.165, 1.54) is 0 Å². The van der Waals surface area contributed by atoms with Gasteiger partial charge in [-0.1, -0.05) is 5.16 Å². The molecule has 1 unspecified atom stereocenters. The number of aromatic nitrogens is 2. The second-order valence-corrected chi connectivity index (χ2v) is 6.73. The molecular formula is C19H26F2N6O2. The van der Waals surface area contributed by atoms with Crippen molar-refractivity contribution in [1.82, 2.24) is 20.8 Å². The number of piperidine rings is 1. The number of aryl methyl sites for hydroxylation is 1. The lowest BCUT2D eigenvalue weighted by Crippen LogP contribution is -2.51. The number of hydrogen-bond donors (Lipinski definition) is 2. The van der Waals surface area contributed by atoms with Gasteiger partial charge in [-0.15, -0.1) is 0 Å². The van der Waals surface area contributed by atoms with Gasteiger partial charge in [0.25, 0.3) is 0 Å². The van der Waals surface area contributed by atoms with Crippen LogP contribution in [0.3, 0.4) is 0 Å². The van der Waals surface area contributed by atoms with Gasteiger partial charge in [-0.05, 0) is 44.0 Å². The number of guanidine groups is 1. The summed E-state index contributed by atoms with van der Waals surface area (Å²) in [7, 11) is 0. The standard InChI is InChI=1S/C19H26F2N6O2/c1-3-22-19(23-11-17-24-13(2)29-26-17)25-14-5-4-10-27(12-14)15-6-8-16(9-7-15)28-18(20)21/h6-9,14,18H,3-5,10-12H2,1-2H3,(H2,22,23,25). The Labute approximate surface area is 168 Å². The molecule has 10 heteroatoms. The molecule has 1 aliphatic heterocycles. The van der Waals surface area contributed by atoms with Gasteiger partial charge < -0.3 is 24.8 Å². The molecule has 0 radical (unpaired) electrons. The van der Waals surface area contributed by atoms with E-state index < -0.39 is 6.61 Å². The van der Waals surface area contributed by atoms with Crippen molar-refractivity contribution in [2.45, 2.75) is 45.9 Å². The zero-order valence-corrected chi connectivity index (χ0v) is 16.6. The number of ether oxygens (including phenoxy) is 1. The smallest absolute Gasteiger partial charge is 0.387 e. The van der Waals surface area contributed by atoms with Crippen LogP contribution in [0.15, 0.2) is 33.8 Å². The third kappa shape index (κ3) is 6.30. The van der Waals surface area contributed by atoms with Gasteiger partial charge >= 0.3 is 6.61 Å². The first-order valence-electron chi connectivity index (χ1n) is 9.67. The minimum absolute atomic E-state index is 0.161. The molecule has 1 aromatic heterocycles. The number of halogens is 2. The van der Waals surface area contributed by atoms with Crippen molar-refractivity contribution in [3.05, 3.63) is 36.0 Å². The molecule has 3 rings (SSSR count). The van der Waals surface area contributed by atoms with Crippen molar-refractivity contribution >= 4 is 11.6 Å². The predicted molar refractivity (Wildman–Crippen MR) is 105 cm³/mol. The molecule has 158 valence electrons. The van der Waals surface area contributed by atoms with Crippen LogP contribution in [-0.4, -0.2) is 48.4 Å². The van der Waals surface area contributed by atoms with Crippen molar-refractivity contribution in [2.24, 2.45) is 4.99 Å². The van der Waals surface area contributed by atoms with Gasteiger partial charge in [0.1, 0.15) is 12.3 Å². The SMILES string of the molecule is CCNC(=NCc1noc(C)n1)NC1CCCN(c2ccc(OC(F)F)cc2)C1. The van der Waals surface area contributed by atoms with Crippen LogP contribution in [-0.2, 0) is 6.54 Å². The minimum atomic E-state index is -2.82. The summed E-state index contributed by atoms with van der Waals surface area (Å²) in [6, 6.07) is 6.94. The fraction of sp³-hybridized carbons (Fsp3) is 0.526. The summed E-state index contributed by atoms with van der Waals surface area (Å²) < 4.78 is 34.0. The molecule has 1 saturated heterocycles. The van der Waals surface area contributed by atoms with E-state index in [1.807, 2.05) is 6.92 Å². The lowest BCUT2D eigenvalue weighted by Gasteiger charge is -2.35. The normalized spacial score (nSPS) is 17.5. The van der Waals surface area contributed by atoms with E-state index in [4.69, 9.17) is 4.52 Å². The quantitative estimate of drug-likeness (QED) is 0.538. The molecular weight excluding hydrogens is 382 g/mol. The van der Waals surface area contributed by atoms with Crippen LogP contribution in [0.1, 0.15) is 31.5 Å². The third-order valence-electron chi connectivity index (χ3n) is 4.48. The zero-order valence-electron chi connectivity index (χ0n) is 16.6. The van der Waals surface area contributed by atoms with Crippen molar-refractivity contribution in [3.63, 3.8) is 0 Å². The van der Waals surface area contributed by atoms with Crippen LogP contribution in [0.5, 0.6) is 5.75 Å². The zero-order chi connectivity index (χ0) is 20.6. The summed E-state index contributed by atoms with van der Waals surface area (Å²) in [5, 5.41) is 10.5. The number of hydrogen-bond acceptors (Lipinski definition) is 6. The number of aliphatic imine (C=N–C) groups is 1. The highest BCUT2D eigenvalue weighted by Gasteiger charge is 2.21. The molecule has 8 nitrogen and oxygen atoms in total. The van der Waals surface area contributed by atoms with E-state index in [0.717, 1.165) is 38.2 Å². The van der Waals surface area contributed by atoms with Gasteiger partial charge in [-0.3, -0.25) is 0 Å². The highest BCUT2D eigenvalue weighted by Crippen LogP contribution is 2.23. The Morgan fingerprint density at radius 1 is 1.38 bits per heavy atom. The molecule has 2 aromatic rings. The molecule has 0 bridgehead atoms. The second-order valence-electron chi connectivity index (χ2n) is 6.73. The Kier molecular flexibility index (Phi) is 7.20. The van der Waals surface area contributed by atoms with Crippen LogP contribution in [0, 0.1) is 6.92 Å². The lowest BCUT2D eigenvalue weighted by atomic mass is 10.0. The highest BCUT2D eigenvalue weighted by atomic mass is 19.3. The van der Waals surface area contributed by atoms with E-state index in [-0.39, 0.29) is 11.8 Å². The van der Waals surface area contributed by atoms with Crippen molar-refractivity contribution in [1.29, 1.82) is 0 Å². The summed E-state index contributed by atoms with van der Waals surface area (Å²) >= 11 is 0. The largest absolute Gasteiger partial charge is 0.435 e. The molecule has 1 aromatic carbocycles. The molecule has 29 heavy (non-hydrogen) atoms. The lowest BCUT2D eigenvalue weighted by molar-refractivity contribution is -0.0498. The van der Waals surface area contributed by atoms with Crippen LogP contribution in [0.25, 0.3) is 0 Å². The van der Waals surface area contributed by atoms with Gasteiger partial charge in [-0.25, -0.2) is 4.99 Å². The summed E-state index contributed by atoms with van der Waals surface area (Å²) in [5.74, 6) is 1.91. The number of alkyl halides is 2. The molecule has 0 amide bonds. The van der Waals surface area contributed by atoms with Crippen LogP contribution in [0.2, 0.25) is 0 Å². The minimum Gasteiger partial charge on any atom is -0.435 e. The average molecular weight is 408 g/mol. The molecule has 1 atom stereocenters. The maximum Gasteiger partial charge on any atom is 0.387 e. The van der Waals surface area contributed by atoms with Gasteiger partial charge in [0.15, 0.2) is 11.8 Å². The van der Waals surface area contributed by atoms with Crippen LogP contribution >= 0.6 is 0 Å². The Bertz CT molecular complexity index is 796. The number of nitrogens with zero attached hydrogens (tertiary/aromatic N) is 4. The van der Waals surface area contributed by atoms with Gasteiger partial charge in [-0.2, -0.15) is 13.8 Å². The molecule has 1 aliphatic rings. The number of rotatable bonds is 7. The Morgan fingerprint density at radius 3 is 2.83 bits per heavy atom. The van der Waals surface area contributed by atoms with Crippen molar-refractivity contribution < 1.29 is 18.0 Å². The van der Waals surface area contributed by atoms with E-state index in [0.29, 0.717) is 24.2 Å². The van der Waals surface area contributed by atoms with E-state index in [9.17, 15) is 8.78 Å². The molecule has 2 N–H and O–H groups in total. The maximum atomic E-state index is 12.3. The number of benzene rings is 1. The van der Waals surface area contributed by atoms with Crippen LogP contribution in [0.4, 0.5) is 14.5 Å². The summed E-state index contributed by atoms with van der Waals surface area (Å²) in [5.41, 5.74) is 0.974. The van der Waals surface area contributed by atoms with Crippen molar-refractivity contribution in [2.75, 3.05) is 24.5 Å². The number of nitrogens with one attached hydrogen (secondary N) is 2. The fourth-order valence-electron chi connectivity index (χ4n) is 3.24. The Morgan fingerprint density at radius 2 is 2.17 bits per heavy atom. The summed E-state index contributed by atoms with van der Waals surface area (Å²) in [6.07, 6.45) is 2.02. The van der Waals surface area contributed by atoms with Gasteiger partial charge in [0.2, 0.25) is 5.89 Å². The molecule has 1 fully saturated rings. The molecule has 2 heterocycles. The Balaban J connectivity index is 1.59. The summed E-state index contributed by atoms with van der Waals surface area (Å²) in [6.45, 7) is 3.68. The van der Waals surface area contributed by atoms with Gasteiger partial charge in [0.05, 0.1) is 0 Å². The monoisotopic (exact) mass is 408 g/mol. The summed E-state index contributed by atoms with van der Waals surface area (Å²) in [4.78, 5) is 10.9. The molecule has 0 spiro atoms. The third-order valence-corrected chi connectivity index (χ3v) is 4.48. The Hall–Kier alpha value is -2.91. The molecule has 0 saturated carbocycles. The second kappa shape index (κ2) is 10.0. The predicted octanol–water partition coefficient (Wildman–Crippen LogP) is 2.70. The first-order valence-corrected chi connectivity index (χ1v) is 9.67. The van der Waals surface area contributed by atoms with E-state index in [2.05, 4.69) is 35.4 Å². The average Bonchev–Trinajstić information content (AvgIpc) is 3.12. The van der Waals surface area contributed by atoms with E-state index >= 15 is 0 Å². The van der Waals surface area contributed by atoms with E-state index in [1.54, 1.807) is 31.2 Å². The van der Waals surface area contributed by atoms with Gasteiger partial charge in [0, 0.05) is 38.3 Å². The van der Waals surface area contributed by atoms with Crippen molar-refractivity contribution in [3.8, 4) is 5.75 Å². The first-order chi connectivity index (χ1) is 14.0. The topological polar surface area (TPSA) is 87.8 Å². The number of anilines is 1. The fourth-order valence-corrected chi connectivity index (χ4v) is 3.24. The molecule has 0 aliphatic carbocycles. The highest BCUT2D eigenvalue weighted by molar-refractivity contribution is 5.80. The van der Waals surface area contributed by atoms with Crippen LogP contribution < -0.4 is 20.3 Å².